The Morgan fingerprint density at radius 2 is 1.38 bits per heavy atom. The van der Waals surface area contributed by atoms with Gasteiger partial charge in [-0.3, -0.25) is 4.79 Å². The number of nitrogens with two attached hydrogens (primary N) is 6. The molecule has 21 nitrogen and oxygen atoms in total. The summed E-state index contributed by atoms with van der Waals surface area (Å²) in [6, 6.07) is -4.41. The van der Waals surface area contributed by atoms with Crippen LogP contribution < -0.4 is 39.7 Å². The number of carbonyl (C=O) groups is 1. The van der Waals surface area contributed by atoms with Crippen LogP contribution in [0.5, 0.6) is 0 Å². The minimum atomic E-state index is -1.68. The zero-order valence-corrected chi connectivity index (χ0v) is 26.4. The van der Waals surface area contributed by atoms with Crippen molar-refractivity contribution in [3.8, 4) is 0 Å². The fourth-order valence-electron chi connectivity index (χ4n) is 6.37. The van der Waals surface area contributed by atoms with E-state index in [0.717, 1.165) is 0 Å². The monoisotopic (exact) mass is 699 g/mol. The third kappa shape index (κ3) is 8.59. The van der Waals surface area contributed by atoms with Crippen LogP contribution >= 0.6 is 0 Å². The highest BCUT2D eigenvalue weighted by Crippen LogP contribution is 2.34. The van der Waals surface area contributed by atoms with Gasteiger partial charge >= 0.3 is 0 Å². The fraction of sp³-hybridized carbons (Fsp3) is 0.963. The highest BCUT2D eigenvalue weighted by molar-refractivity contribution is 5.80. The summed E-state index contributed by atoms with van der Waals surface area (Å²) >= 11 is 0. The van der Waals surface area contributed by atoms with Crippen molar-refractivity contribution in [3.05, 3.63) is 0 Å². The molecule has 280 valence electrons. The first kappa shape index (κ1) is 39.5. The van der Waals surface area contributed by atoms with Crippen LogP contribution in [0, 0.1) is 0 Å². The van der Waals surface area contributed by atoms with Gasteiger partial charge in [0.05, 0.1) is 36.9 Å². The molecule has 4 rings (SSSR count). The van der Waals surface area contributed by atoms with Crippen molar-refractivity contribution in [2.24, 2.45) is 34.4 Å². The highest BCUT2D eigenvalue weighted by atomic mass is 16.8. The molecule has 1 aliphatic carbocycles. The van der Waals surface area contributed by atoms with Gasteiger partial charge in [-0.25, -0.2) is 0 Å². The van der Waals surface area contributed by atoms with Gasteiger partial charge < -0.3 is 104 Å². The van der Waals surface area contributed by atoms with Gasteiger partial charge in [-0.2, -0.15) is 0 Å². The number of ether oxygens (including phenoxy) is 6. The van der Waals surface area contributed by atoms with E-state index >= 15 is 0 Å². The molecule has 4 aliphatic rings. The van der Waals surface area contributed by atoms with E-state index in [2.05, 4.69) is 5.32 Å². The van der Waals surface area contributed by atoms with Crippen LogP contribution in [0.3, 0.4) is 0 Å². The lowest BCUT2D eigenvalue weighted by Crippen LogP contribution is -2.67. The average Bonchev–Trinajstić information content (AvgIpc) is 3.36. The molecule has 0 unspecified atom stereocenters. The molecular weight excluding hydrogens is 646 g/mol. The van der Waals surface area contributed by atoms with E-state index in [9.17, 15) is 40.5 Å². The first-order valence-electron chi connectivity index (χ1n) is 16.0. The normalized spacial score (nSPS) is 47.5. The molecule has 3 saturated heterocycles. The molecule has 3 aliphatic heterocycles. The summed E-state index contributed by atoms with van der Waals surface area (Å²) in [7, 11) is 0. The second-order valence-corrected chi connectivity index (χ2v) is 12.7. The Labute approximate surface area is 276 Å². The molecule has 21 heteroatoms. The van der Waals surface area contributed by atoms with Crippen LogP contribution in [0.15, 0.2) is 0 Å². The lowest BCUT2D eigenvalue weighted by molar-refractivity contribution is -0.295. The number of rotatable bonds is 13. The second-order valence-electron chi connectivity index (χ2n) is 12.7. The minimum Gasteiger partial charge on any atom is -0.394 e. The summed E-state index contributed by atoms with van der Waals surface area (Å²) in [6.07, 6.45) is -19.9. The van der Waals surface area contributed by atoms with Crippen molar-refractivity contribution < 1.29 is 69.0 Å². The standard InChI is InChI=1S/C27H53N7O14/c28-2-1-11(36)24(42)34-10-4-9(31)21(46-25-15(32)12(37)3-8(5-29)43-25)23(17(10)38)48-27-20(41)22(14(7-35)45-27)47-26-16(33)19(40)18(39)13(6-30)44-26/h8-23,25-27,35-41H,1-7,28-33H2,(H,34,42)/t8-,9-,10+,11+,12-,13-,14+,15+,16+,17-,18+,19+,20+,21+,22-,23+,25+,26+,27+/m0/s1. The van der Waals surface area contributed by atoms with E-state index in [4.69, 9.17) is 62.8 Å². The predicted octanol–water partition coefficient (Wildman–Crippen LogP) is -9.00. The van der Waals surface area contributed by atoms with Gasteiger partial charge in [0.25, 0.3) is 0 Å². The molecule has 0 aromatic rings. The molecule has 0 radical (unpaired) electrons. The van der Waals surface area contributed by atoms with Gasteiger partial charge in [0.2, 0.25) is 5.91 Å². The number of nitrogens with one attached hydrogen (secondary N) is 1. The number of aliphatic hydroxyl groups excluding tert-OH is 7. The zero-order valence-electron chi connectivity index (χ0n) is 26.4. The lowest BCUT2D eigenvalue weighted by atomic mass is 9.83. The van der Waals surface area contributed by atoms with Crippen molar-refractivity contribution in [1.29, 1.82) is 0 Å². The summed E-state index contributed by atoms with van der Waals surface area (Å²) in [5.74, 6) is -0.820. The van der Waals surface area contributed by atoms with Crippen molar-refractivity contribution in [3.63, 3.8) is 0 Å². The lowest BCUT2D eigenvalue weighted by Gasteiger charge is -2.47. The molecule has 0 aromatic carbocycles. The Bertz CT molecular complexity index is 1030. The van der Waals surface area contributed by atoms with Crippen LogP contribution in [-0.4, -0.2) is 184 Å². The molecule has 20 N–H and O–H groups in total. The zero-order chi connectivity index (χ0) is 35.4. The number of hydrogen-bond acceptors (Lipinski definition) is 20. The Balaban J connectivity index is 1.56. The molecule has 0 bridgehead atoms. The average molecular weight is 700 g/mol. The topological polar surface area (TPSA) is 382 Å². The second kappa shape index (κ2) is 17.3. The molecule has 48 heavy (non-hydrogen) atoms. The Kier molecular flexibility index (Phi) is 14.2. The third-order valence-electron chi connectivity index (χ3n) is 9.27. The summed E-state index contributed by atoms with van der Waals surface area (Å²) in [6.45, 7) is -0.813. The van der Waals surface area contributed by atoms with Crippen LogP contribution in [0.4, 0.5) is 0 Å². The smallest absolute Gasteiger partial charge is 0.249 e. The predicted molar refractivity (Wildman–Crippen MR) is 161 cm³/mol. The van der Waals surface area contributed by atoms with Gasteiger partial charge in [0.15, 0.2) is 18.9 Å². The van der Waals surface area contributed by atoms with Crippen LogP contribution in [0.25, 0.3) is 0 Å². The first-order valence-corrected chi connectivity index (χ1v) is 16.0. The minimum absolute atomic E-state index is 0.0235. The third-order valence-corrected chi connectivity index (χ3v) is 9.27. The Morgan fingerprint density at radius 3 is 2.00 bits per heavy atom. The fourth-order valence-corrected chi connectivity index (χ4v) is 6.37. The quantitative estimate of drug-likeness (QED) is 0.0848. The van der Waals surface area contributed by atoms with Crippen molar-refractivity contribution in [2.45, 2.75) is 136 Å². The maximum absolute atomic E-state index is 12.6. The molecule has 3 heterocycles. The van der Waals surface area contributed by atoms with Crippen LogP contribution in [0.2, 0.25) is 0 Å². The highest BCUT2D eigenvalue weighted by Gasteiger charge is 2.54. The van der Waals surface area contributed by atoms with Gasteiger partial charge in [0.1, 0.15) is 61.0 Å². The summed E-state index contributed by atoms with van der Waals surface area (Å²) in [5.41, 5.74) is 35.5. The van der Waals surface area contributed by atoms with Gasteiger partial charge in [-0.05, 0) is 19.4 Å². The molecule has 4 fully saturated rings. The van der Waals surface area contributed by atoms with E-state index < -0.39 is 129 Å². The molecule has 19 atom stereocenters. The molecule has 0 spiro atoms. The molecular formula is C27H53N7O14. The summed E-state index contributed by atoms with van der Waals surface area (Å²) in [4.78, 5) is 12.6. The maximum atomic E-state index is 12.6. The van der Waals surface area contributed by atoms with Gasteiger partial charge in [0, 0.05) is 25.6 Å². The van der Waals surface area contributed by atoms with Crippen LogP contribution in [-0.2, 0) is 33.2 Å². The van der Waals surface area contributed by atoms with Crippen molar-refractivity contribution in [2.75, 3.05) is 26.2 Å². The number of carbonyl (C=O) groups excluding carboxylic acids is 1. The van der Waals surface area contributed by atoms with E-state index in [1.807, 2.05) is 0 Å². The number of aliphatic hydroxyl groups is 7. The van der Waals surface area contributed by atoms with E-state index in [1.165, 1.54) is 0 Å². The molecule has 1 saturated carbocycles. The molecule has 1 amide bonds. The van der Waals surface area contributed by atoms with E-state index in [1.54, 1.807) is 0 Å². The number of amides is 1. The van der Waals surface area contributed by atoms with E-state index in [0.29, 0.717) is 0 Å². The van der Waals surface area contributed by atoms with Crippen LogP contribution in [0.1, 0.15) is 19.3 Å². The summed E-state index contributed by atoms with van der Waals surface area (Å²) < 4.78 is 35.2. The van der Waals surface area contributed by atoms with Gasteiger partial charge in [-0.1, -0.05) is 0 Å². The first-order chi connectivity index (χ1) is 22.8. The molecule has 0 aromatic heterocycles. The van der Waals surface area contributed by atoms with E-state index in [-0.39, 0.29) is 38.9 Å². The summed E-state index contributed by atoms with van der Waals surface area (Å²) in [5, 5.41) is 76.6. The van der Waals surface area contributed by atoms with Gasteiger partial charge in [-0.15, -0.1) is 0 Å². The van der Waals surface area contributed by atoms with Crippen molar-refractivity contribution in [1.82, 2.24) is 5.32 Å². The number of hydrogen-bond donors (Lipinski definition) is 14. The Hall–Kier alpha value is -1.29. The largest absolute Gasteiger partial charge is 0.394 e. The van der Waals surface area contributed by atoms with Crippen molar-refractivity contribution >= 4 is 5.91 Å². The Morgan fingerprint density at radius 1 is 0.750 bits per heavy atom. The SMILES string of the molecule is NCC[C@@H](O)C(=O)N[C@@H]1C[C@H](N)[C@@H](O[C@H]2O[C@H](CN)C[C@H](O)[C@H]2N)[C@H](O[C@H]2O[C@H](CO)[C@H](O[C@H]3O[C@@H](CN)[C@@H](O)[C@H](O)[C@H]3N)[C@H]2O)[C@H]1O. The maximum Gasteiger partial charge on any atom is 0.249 e.